The van der Waals surface area contributed by atoms with Crippen LogP contribution in [0, 0.1) is 0 Å². The third-order valence-corrected chi connectivity index (χ3v) is 3.92. The molecule has 19 heavy (non-hydrogen) atoms. The van der Waals surface area contributed by atoms with Crippen molar-refractivity contribution < 1.29 is 9.90 Å². The lowest BCUT2D eigenvalue weighted by atomic mass is 10.1. The van der Waals surface area contributed by atoms with Crippen LogP contribution in [-0.2, 0) is 0 Å². The molecule has 102 valence electrons. The van der Waals surface area contributed by atoms with E-state index < -0.39 is 0 Å². The average molecular weight is 260 g/mol. The van der Waals surface area contributed by atoms with Gasteiger partial charge in [-0.15, -0.1) is 0 Å². The third kappa shape index (κ3) is 2.89. The maximum absolute atomic E-state index is 12.1. The zero-order valence-electron chi connectivity index (χ0n) is 11.0. The molecule has 3 rings (SSSR count). The van der Waals surface area contributed by atoms with Gasteiger partial charge in [-0.3, -0.25) is 0 Å². The second kappa shape index (κ2) is 5.21. The van der Waals surface area contributed by atoms with Crippen molar-refractivity contribution in [2.75, 3.05) is 13.2 Å². The van der Waals surface area contributed by atoms with E-state index in [1.807, 2.05) is 18.2 Å². The number of nitrogens with one attached hydrogen (secondary N) is 1. The Morgan fingerprint density at radius 1 is 1.32 bits per heavy atom. The standard InChI is InChI=1S/C15H20N2O2/c18-9-8-17(12-6-7-12)15(19)16-14-10-13(14)11-4-2-1-3-5-11/h1-5,12-14,18H,6-10H2,(H,16,19)/t13-,14+/m0/s1. The van der Waals surface area contributed by atoms with Crippen molar-refractivity contribution in [3.05, 3.63) is 35.9 Å². The van der Waals surface area contributed by atoms with Crippen LogP contribution in [0.1, 0.15) is 30.7 Å². The highest BCUT2D eigenvalue weighted by molar-refractivity contribution is 5.76. The first kappa shape index (κ1) is 12.5. The zero-order chi connectivity index (χ0) is 13.2. The molecule has 0 unspecified atom stereocenters. The van der Waals surface area contributed by atoms with Crippen molar-refractivity contribution in [2.24, 2.45) is 0 Å². The Bertz CT molecular complexity index is 445. The van der Waals surface area contributed by atoms with Gasteiger partial charge in [0.25, 0.3) is 0 Å². The van der Waals surface area contributed by atoms with Crippen molar-refractivity contribution in [1.29, 1.82) is 0 Å². The molecule has 2 saturated carbocycles. The molecule has 2 atom stereocenters. The van der Waals surface area contributed by atoms with Crippen LogP contribution < -0.4 is 5.32 Å². The van der Waals surface area contributed by atoms with Gasteiger partial charge in [0.05, 0.1) is 6.61 Å². The SMILES string of the molecule is O=C(N[C@@H]1C[C@H]1c1ccccc1)N(CCO)C1CC1. The smallest absolute Gasteiger partial charge is 0.317 e. The number of carbonyl (C=O) groups is 1. The Balaban J connectivity index is 1.54. The van der Waals surface area contributed by atoms with Gasteiger partial charge >= 0.3 is 6.03 Å². The number of amides is 2. The van der Waals surface area contributed by atoms with Crippen LogP contribution in [0.3, 0.4) is 0 Å². The van der Waals surface area contributed by atoms with E-state index in [0.29, 0.717) is 18.5 Å². The van der Waals surface area contributed by atoms with E-state index >= 15 is 0 Å². The predicted octanol–water partition coefficient (Wildman–Crippen LogP) is 1.71. The molecule has 2 fully saturated rings. The molecule has 0 spiro atoms. The minimum atomic E-state index is -0.0139. The summed E-state index contributed by atoms with van der Waals surface area (Å²) in [5.74, 6) is 0.459. The molecule has 2 amide bonds. The molecule has 0 aromatic heterocycles. The third-order valence-electron chi connectivity index (χ3n) is 3.92. The van der Waals surface area contributed by atoms with E-state index in [-0.39, 0.29) is 18.7 Å². The van der Waals surface area contributed by atoms with Gasteiger partial charge in [-0.05, 0) is 24.8 Å². The quantitative estimate of drug-likeness (QED) is 0.846. The number of urea groups is 1. The summed E-state index contributed by atoms with van der Waals surface area (Å²) in [5, 5.41) is 12.1. The maximum Gasteiger partial charge on any atom is 0.317 e. The number of benzene rings is 1. The summed E-state index contributed by atoms with van der Waals surface area (Å²) in [6.45, 7) is 0.482. The fraction of sp³-hybridized carbons (Fsp3) is 0.533. The molecular weight excluding hydrogens is 240 g/mol. The number of carbonyl (C=O) groups excluding carboxylic acids is 1. The van der Waals surface area contributed by atoms with Gasteiger partial charge in [-0.2, -0.15) is 0 Å². The zero-order valence-corrected chi connectivity index (χ0v) is 11.0. The summed E-state index contributed by atoms with van der Waals surface area (Å²) in [6, 6.07) is 10.9. The normalized spacial score (nSPS) is 24.9. The lowest BCUT2D eigenvalue weighted by molar-refractivity contribution is 0.173. The first-order valence-corrected chi connectivity index (χ1v) is 7.02. The largest absolute Gasteiger partial charge is 0.395 e. The molecular formula is C15H20N2O2. The van der Waals surface area contributed by atoms with E-state index in [4.69, 9.17) is 5.11 Å². The maximum atomic E-state index is 12.1. The summed E-state index contributed by atoms with van der Waals surface area (Å²) in [6.07, 6.45) is 3.16. The molecule has 1 aromatic rings. The number of aliphatic hydroxyl groups is 1. The van der Waals surface area contributed by atoms with Crippen LogP contribution in [0.5, 0.6) is 0 Å². The molecule has 0 saturated heterocycles. The van der Waals surface area contributed by atoms with E-state index in [9.17, 15) is 4.79 Å². The van der Waals surface area contributed by atoms with E-state index in [2.05, 4.69) is 17.4 Å². The highest BCUT2D eigenvalue weighted by Crippen LogP contribution is 2.41. The average Bonchev–Trinajstić information content (AvgIpc) is 3.31. The van der Waals surface area contributed by atoms with Gasteiger partial charge in [-0.1, -0.05) is 30.3 Å². The van der Waals surface area contributed by atoms with Gasteiger partial charge in [0.15, 0.2) is 0 Å². The van der Waals surface area contributed by atoms with E-state index in [1.54, 1.807) is 4.90 Å². The summed E-state index contributed by atoms with van der Waals surface area (Å²) < 4.78 is 0. The first-order chi connectivity index (χ1) is 9.29. The van der Waals surface area contributed by atoms with Crippen molar-refractivity contribution in [3.8, 4) is 0 Å². The summed E-state index contributed by atoms with van der Waals surface area (Å²) in [7, 11) is 0. The topological polar surface area (TPSA) is 52.6 Å². The molecule has 2 aliphatic rings. The van der Waals surface area contributed by atoms with E-state index in [1.165, 1.54) is 5.56 Å². The van der Waals surface area contributed by atoms with Gasteiger partial charge in [0.1, 0.15) is 0 Å². The summed E-state index contributed by atoms with van der Waals surface area (Å²) >= 11 is 0. The number of hydrogen-bond donors (Lipinski definition) is 2. The van der Waals surface area contributed by atoms with Crippen LogP contribution in [0.25, 0.3) is 0 Å². The van der Waals surface area contributed by atoms with Crippen LogP contribution in [0.4, 0.5) is 4.79 Å². The second-order valence-electron chi connectivity index (χ2n) is 5.46. The predicted molar refractivity (Wildman–Crippen MR) is 72.9 cm³/mol. The van der Waals surface area contributed by atoms with Gasteiger partial charge in [0.2, 0.25) is 0 Å². The van der Waals surface area contributed by atoms with Crippen LogP contribution in [0.15, 0.2) is 30.3 Å². The summed E-state index contributed by atoms with van der Waals surface area (Å²) in [5.41, 5.74) is 1.30. The lowest BCUT2D eigenvalue weighted by Gasteiger charge is -2.21. The molecule has 4 heteroatoms. The molecule has 0 bridgehead atoms. The van der Waals surface area contributed by atoms with Crippen LogP contribution in [0.2, 0.25) is 0 Å². The lowest BCUT2D eigenvalue weighted by Crippen LogP contribution is -2.44. The second-order valence-corrected chi connectivity index (χ2v) is 5.46. The molecule has 0 aliphatic heterocycles. The van der Waals surface area contributed by atoms with Crippen molar-refractivity contribution in [1.82, 2.24) is 10.2 Å². The van der Waals surface area contributed by atoms with Gasteiger partial charge < -0.3 is 15.3 Å². The Labute approximate surface area is 113 Å². The monoisotopic (exact) mass is 260 g/mol. The molecule has 2 aliphatic carbocycles. The van der Waals surface area contributed by atoms with Crippen LogP contribution >= 0.6 is 0 Å². The number of rotatable bonds is 5. The van der Waals surface area contributed by atoms with Crippen molar-refractivity contribution in [2.45, 2.75) is 37.3 Å². The molecule has 1 aromatic carbocycles. The Morgan fingerprint density at radius 3 is 2.68 bits per heavy atom. The summed E-state index contributed by atoms with van der Waals surface area (Å²) in [4.78, 5) is 13.9. The fourth-order valence-electron chi connectivity index (χ4n) is 2.61. The minimum Gasteiger partial charge on any atom is -0.395 e. The molecule has 0 radical (unpaired) electrons. The highest BCUT2D eigenvalue weighted by atomic mass is 16.3. The van der Waals surface area contributed by atoms with E-state index in [0.717, 1.165) is 19.3 Å². The Morgan fingerprint density at radius 2 is 2.05 bits per heavy atom. The molecule has 2 N–H and O–H groups in total. The van der Waals surface area contributed by atoms with Gasteiger partial charge in [0, 0.05) is 24.5 Å². The molecule has 4 nitrogen and oxygen atoms in total. The number of aliphatic hydroxyl groups excluding tert-OH is 1. The molecule has 0 heterocycles. The Kier molecular flexibility index (Phi) is 3.42. The number of hydrogen-bond acceptors (Lipinski definition) is 2. The van der Waals surface area contributed by atoms with Crippen molar-refractivity contribution >= 4 is 6.03 Å². The fourth-order valence-corrected chi connectivity index (χ4v) is 2.61. The van der Waals surface area contributed by atoms with Gasteiger partial charge in [-0.25, -0.2) is 4.79 Å². The number of nitrogens with zero attached hydrogens (tertiary/aromatic N) is 1. The first-order valence-electron chi connectivity index (χ1n) is 7.02. The van der Waals surface area contributed by atoms with Crippen molar-refractivity contribution in [3.63, 3.8) is 0 Å². The Hall–Kier alpha value is -1.55. The highest BCUT2D eigenvalue weighted by Gasteiger charge is 2.41. The van der Waals surface area contributed by atoms with Crippen LogP contribution in [-0.4, -0.2) is 41.3 Å². The minimum absolute atomic E-state index is 0.0139.